The molecule has 1 rings (SSSR count). The van der Waals surface area contributed by atoms with Crippen LogP contribution >= 0.6 is 0 Å². The Bertz CT molecular complexity index is 128. The molecule has 12 heavy (non-hydrogen) atoms. The molecular weight excluding hydrogens is 152 g/mol. The number of rotatable bonds is 3. The molecule has 3 unspecified atom stereocenters. The predicted molar refractivity (Wildman–Crippen MR) is 50.2 cm³/mol. The number of aliphatic hydroxyl groups is 1. The highest BCUT2D eigenvalue weighted by molar-refractivity contribution is 4.80. The molecule has 1 fully saturated rings. The maximum Gasteiger partial charge on any atom is 0.0636 e. The Balaban J connectivity index is 2.14. The van der Waals surface area contributed by atoms with Crippen LogP contribution in [0.4, 0.5) is 0 Å². The molecule has 0 aromatic rings. The van der Waals surface area contributed by atoms with E-state index in [9.17, 15) is 0 Å². The molecule has 1 saturated heterocycles. The van der Waals surface area contributed by atoms with Crippen molar-refractivity contribution in [3.05, 3.63) is 0 Å². The Hall–Kier alpha value is -0.120. The van der Waals surface area contributed by atoms with E-state index in [4.69, 9.17) is 5.11 Å². The minimum absolute atomic E-state index is 0.227. The predicted octanol–water partition coefficient (Wildman–Crippen LogP) is 0.0973. The van der Waals surface area contributed by atoms with E-state index < -0.39 is 0 Å². The molecule has 1 aliphatic heterocycles. The minimum Gasteiger partial charge on any atom is -0.392 e. The van der Waals surface area contributed by atoms with Crippen LogP contribution < -0.4 is 10.6 Å². The smallest absolute Gasteiger partial charge is 0.0636 e. The van der Waals surface area contributed by atoms with Crippen molar-refractivity contribution >= 4 is 0 Å². The Morgan fingerprint density at radius 1 is 1.67 bits per heavy atom. The molecule has 0 aromatic carbocycles. The number of nitrogens with one attached hydrogen (secondary N) is 2. The van der Waals surface area contributed by atoms with Crippen LogP contribution in [0, 0.1) is 0 Å². The van der Waals surface area contributed by atoms with Gasteiger partial charge in [0.25, 0.3) is 0 Å². The molecule has 0 radical (unpaired) electrons. The summed E-state index contributed by atoms with van der Waals surface area (Å²) >= 11 is 0. The van der Waals surface area contributed by atoms with Crippen LogP contribution in [0.2, 0.25) is 0 Å². The molecule has 3 N–H and O–H groups in total. The van der Waals surface area contributed by atoms with E-state index in [1.54, 1.807) is 0 Å². The van der Waals surface area contributed by atoms with Gasteiger partial charge in [-0.2, -0.15) is 0 Å². The lowest BCUT2D eigenvalue weighted by Gasteiger charge is -2.29. The zero-order valence-corrected chi connectivity index (χ0v) is 8.01. The first-order valence-corrected chi connectivity index (χ1v) is 4.83. The second-order valence-electron chi connectivity index (χ2n) is 3.83. The monoisotopic (exact) mass is 172 g/mol. The SMILES string of the molecule is CC(O)CNC1CCNC(C)C1. The third-order valence-corrected chi connectivity index (χ3v) is 2.33. The van der Waals surface area contributed by atoms with Gasteiger partial charge >= 0.3 is 0 Å². The zero-order valence-electron chi connectivity index (χ0n) is 8.01. The van der Waals surface area contributed by atoms with Gasteiger partial charge < -0.3 is 15.7 Å². The van der Waals surface area contributed by atoms with Gasteiger partial charge in [0.1, 0.15) is 0 Å². The third kappa shape index (κ3) is 3.52. The summed E-state index contributed by atoms with van der Waals surface area (Å²) in [6.45, 7) is 5.84. The highest BCUT2D eigenvalue weighted by Crippen LogP contribution is 2.07. The van der Waals surface area contributed by atoms with Gasteiger partial charge in [0, 0.05) is 18.6 Å². The van der Waals surface area contributed by atoms with Gasteiger partial charge in [0.15, 0.2) is 0 Å². The average molecular weight is 172 g/mol. The van der Waals surface area contributed by atoms with Gasteiger partial charge in [0.05, 0.1) is 6.10 Å². The van der Waals surface area contributed by atoms with Crippen molar-refractivity contribution in [2.75, 3.05) is 13.1 Å². The van der Waals surface area contributed by atoms with Gasteiger partial charge in [-0.15, -0.1) is 0 Å². The van der Waals surface area contributed by atoms with Gasteiger partial charge in [-0.3, -0.25) is 0 Å². The summed E-state index contributed by atoms with van der Waals surface area (Å²) in [6, 6.07) is 1.21. The summed E-state index contributed by atoms with van der Waals surface area (Å²) in [5.74, 6) is 0. The Morgan fingerprint density at radius 3 is 3.00 bits per heavy atom. The van der Waals surface area contributed by atoms with Crippen LogP contribution in [0.25, 0.3) is 0 Å². The standard InChI is InChI=1S/C9H20N2O/c1-7-5-9(3-4-10-7)11-6-8(2)12/h7-12H,3-6H2,1-2H3. The third-order valence-electron chi connectivity index (χ3n) is 2.33. The Morgan fingerprint density at radius 2 is 2.42 bits per heavy atom. The highest BCUT2D eigenvalue weighted by atomic mass is 16.3. The maximum atomic E-state index is 9.07. The molecule has 1 heterocycles. The fourth-order valence-corrected chi connectivity index (χ4v) is 1.65. The molecule has 0 amide bonds. The Labute approximate surface area is 74.5 Å². The molecule has 0 spiro atoms. The van der Waals surface area contributed by atoms with E-state index in [0.29, 0.717) is 12.1 Å². The zero-order chi connectivity index (χ0) is 8.97. The summed E-state index contributed by atoms with van der Waals surface area (Å²) in [6.07, 6.45) is 2.12. The number of aliphatic hydroxyl groups excluding tert-OH is 1. The van der Waals surface area contributed by atoms with Gasteiger partial charge in [0.2, 0.25) is 0 Å². The summed E-state index contributed by atoms with van der Waals surface area (Å²) in [4.78, 5) is 0. The van der Waals surface area contributed by atoms with Crippen molar-refractivity contribution < 1.29 is 5.11 Å². The number of hydrogen-bond acceptors (Lipinski definition) is 3. The van der Waals surface area contributed by atoms with Crippen LogP contribution in [-0.2, 0) is 0 Å². The van der Waals surface area contributed by atoms with Crippen molar-refractivity contribution in [3.8, 4) is 0 Å². The average Bonchev–Trinajstić information content (AvgIpc) is 2.01. The van der Waals surface area contributed by atoms with E-state index in [1.165, 1.54) is 12.8 Å². The van der Waals surface area contributed by atoms with Crippen LogP contribution in [0.3, 0.4) is 0 Å². The first-order valence-electron chi connectivity index (χ1n) is 4.83. The van der Waals surface area contributed by atoms with Gasteiger partial charge in [-0.1, -0.05) is 0 Å². The molecule has 0 bridgehead atoms. The van der Waals surface area contributed by atoms with Gasteiger partial charge in [-0.25, -0.2) is 0 Å². The molecule has 0 saturated carbocycles. The second kappa shape index (κ2) is 4.80. The summed E-state index contributed by atoms with van der Waals surface area (Å²) in [7, 11) is 0. The highest BCUT2D eigenvalue weighted by Gasteiger charge is 2.17. The number of hydrogen-bond donors (Lipinski definition) is 3. The maximum absolute atomic E-state index is 9.07. The van der Waals surface area contributed by atoms with Crippen molar-refractivity contribution in [2.45, 2.75) is 44.9 Å². The molecule has 72 valence electrons. The molecule has 0 aliphatic carbocycles. The summed E-state index contributed by atoms with van der Waals surface area (Å²) in [5, 5.41) is 15.8. The van der Waals surface area contributed by atoms with Crippen LogP contribution in [0.5, 0.6) is 0 Å². The van der Waals surface area contributed by atoms with Crippen molar-refractivity contribution in [3.63, 3.8) is 0 Å². The first kappa shape index (κ1) is 9.96. The fraction of sp³-hybridized carbons (Fsp3) is 1.00. The molecule has 0 aromatic heterocycles. The van der Waals surface area contributed by atoms with Crippen LogP contribution in [0.15, 0.2) is 0 Å². The number of piperidine rings is 1. The Kier molecular flexibility index (Phi) is 3.98. The molecule has 1 aliphatic rings. The molecule has 3 atom stereocenters. The lowest BCUT2D eigenvalue weighted by Crippen LogP contribution is -2.46. The second-order valence-corrected chi connectivity index (χ2v) is 3.83. The molecular formula is C9H20N2O. The van der Waals surface area contributed by atoms with E-state index in [2.05, 4.69) is 17.6 Å². The van der Waals surface area contributed by atoms with E-state index in [-0.39, 0.29) is 6.10 Å². The van der Waals surface area contributed by atoms with E-state index in [0.717, 1.165) is 13.1 Å². The molecule has 3 nitrogen and oxygen atoms in total. The quantitative estimate of drug-likeness (QED) is 0.565. The first-order chi connectivity index (χ1) is 5.68. The summed E-state index contributed by atoms with van der Waals surface area (Å²) < 4.78 is 0. The lowest BCUT2D eigenvalue weighted by molar-refractivity contribution is 0.179. The van der Waals surface area contributed by atoms with Gasteiger partial charge in [-0.05, 0) is 33.2 Å². The minimum atomic E-state index is -0.227. The normalized spacial score (nSPS) is 33.2. The van der Waals surface area contributed by atoms with Crippen LogP contribution in [-0.4, -0.2) is 36.4 Å². The lowest BCUT2D eigenvalue weighted by atomic mass is 10.0. The molecule has 3 heteroatoms. The van der Waals surface area contributed by atoms with Crippen molar-refractivity contribution in [1.82, 2.24) is 10.6 Å². The topological polar surface area (TPSA) is 44.3 Å². The largest absolute Gasteiger partial charge is 0.392 e. The van der Waals surface area contributed by atoms with E-state index >= 15 is 0 Å². The van der Waals surface area contributed by atoms with Crippen molar-refractivity contribution in [2.24, 2.45) is 0 Å². The van der Waals surface area contributed by atoms with Crippen molar-refractivity contribution in [1.29, 1.82) is 0 Å². The van der Waals surface area contributed by atoms with E-state index in [1.807, 2.05) is 6.92 Å². The fourth-order valence-electron chi connectivity index (χ4n) is 1.65. The van der Waals surface area contributed by atoms with Crippen LogP contribution in [0.1, 0.15) is 26.7 Å². The summed E-state index contributed by atoms with van der Waals surface area (Å²) in [5.41, 5.74) is 0.